The normalized spacial score (nSPS) is 12.8. The van der Waals surface area contributed by atoms with E-state index in [2.05, 4.69) is 24.9 Å². The number of aromatic nitrogens is 2. The summed E-state index contributed by atoms with van der Waals surface area (Å²) in [6.45, 7) is 4.57. The minimum Gasteiger partial charge on any atom is -0.321 e. The van der Waals surface area contributed by atoms with Gasteiger partial charge in [-0.1, -0.05) is 26.0 Å². The highest BCUT2D eigenvalue weighted by molar-refractivity contribution is 5.76. The van der Waals surface area contributed by atoms with E-state index in [1.54, 1.807) is 0 Å². The number of benzene rings is 1. The molecule has 1 heterocycles. The lowest BCUT2D eigenvalue weighted by molar-refractivity contribution is 0.482. The maximum Gasteiger partial charge on any atom is 0.127 e. The minimum atomic E-state index is -0.120. The summed E-state index contributed by atoms with van der Waals surface area (Å²) in [7, 11) is 0. The number of para-hydroxylation sites is 2. The summed E-state index contributed by atoms with van der Waals surface area (Å²) < 4.78 is 1.92. The van der Waals surface area contributed by atoms with E-state index in [4.69, 9.17) is 11.0 Å². The molecule has 1 aromatic carbocycles. The summed E-state index contributed by atoms with van der Waals surface area (Å²) in [6.07, 6.45) is 0.870. The average molecular weight is 242 g/mol. The van der Waals surface area contributed by atoms with Crippen LogP contribution in [0.3, 0.4) is 0 Å². The first kappa shape index (κ1) is 12.6. The third-order valence-electron chi connectivity index (χ3n) is 2.97. The number of rotatable bonds is 4. The van der Waals surface area contributed by atoms with Gasteiger partial charge in [-0.15, -0.1) is 0 Å². The van der Waals surface area contributed by atoms with Crippen molar-refractivity contribution >= 4 is 11.0 Å². The van der Waals surface area contributed by atoms with Crippen molar-refractivity contribution in [2.45, 2.75) is 32.9 Å². The molecule has 0 spiro atoms. The lowest BCUT2D eigenvalue weighted by Crippen LogP contribution is -2.18. The molecule has 0 aliphatic rings. The van der Waals surface area contributed by atoms with Gasteiger partial charge in [0, 0.05) is 0 Å². The molecule has 2 rings (SSSR count). The maximum atomic E-state index is 8.95. The van der Waals surface area contributed by atoms with Gasteiger partial charge in [0.15, 0.2) is 0 Å². The van der Waals surface area contributed by atoms with Gasteiger partial charge in [0.1, 0.15) is 12.4 Å². The highest BCUT2D eigenvalue weighted by atomic mass is 15.1. The number of hydrogen-bond acceptors (Lipinski definition) is 3. The zero-order chi connectivity index (χ0) is 13.1. The highest BCUT2D eigenvalue weighted by Crippen LogP contribution is 2.23. The van der Waals surface area contributed by atoms with Crippen LogP contribution in [0, 0.1) is 17.2 Å². The van der Waals surface area contributed by atoms with Crippen molar-refractivity contribution in [1.29, 1.82) is 5.26 Å². The van der Waals surface area contributed by atoms with Crippen molar-refractivity contribution in [3.05, 3.63) is 30.1 Å². The van der Waals surface area contributed by atoms with Crippen molar-refractivity contribution in [3.8, 4) is 6.07 Å². The Kier molecular flexibility index (Phi) is 3.63. The van der Waals surface area contributed by atoms with Crippen LogP contribution in [0.1, 0.15) is 32.1 Å². The molecule has 94 valence electrons. The Morgan fingerprint density at radius 2 is 2.11 bits per heavy atom. The van der Waals surface area contributed by atoms with E-state index >= 15 is 0 Å². The molecular formula is C14H18N4. The van der Waals surface area contributed by atoms with Crippen LogP contribution in [-0.4, -0.2) is 9.55 Å². The molecule has 0 fully saturated rings. The molecule has 4 nitrogen and oxygen atoms in total. The monoisotopic (exact) mass is 242 g/mol. The fourth-order valence-electron chi connectivity index (χ4n) is 2.23. The van der Waals surface area contributed by atoms with Crippen molar-refractivity contribution in [1.82, 2.24) is 9.55 Å². The zero-order valence-corrected chi connectivity index (χ0v) is 10.8. The van der Waals surface area contributed by atoms with E-state index in [-0.39, 0.29) is 6.04 Å². The second-order valence-corrected chi connectivity index (χ2v) is 4.94. The van der Waals surface area contributed by atoms with Crippen LogP contribution in [0.4, 0.5) is 0 Å². The van der Waals surface area contributed by atoms with Crippen molar-refractivity contribution in [2.24, 2.45) is 11.7 Å². The predicted octanol–water partition coefficient (Wildman–Crippen LogP) is 2.61. The lowest BCUT2D eigenvalue weighted by atomic mass is 10.0. The van der Waals surface area contributed by atoms with Crippen molar-refractivity contribution in [2.75, 3.05) is 0 Å². The Balaban J connectivity index is 2.49. The number of nitrogens with zero attached hydrogens (tertiary/aromatic N) is 3. The van der Waals surface area contributed by atoms with Crippen LogP contribution in [0.5, 0.6) is 0 Å². The second-order valence-electron chi connectivity index (χ2n) is 4.94. The Hall–Kier alpha value is -1.86. The van der Waals surface area contributed by atoms with E-state index in [9.17, 15) is 0 Å². The summed E-state index contributed by atoms with van der Waals surface area (Å²) in [6, 6.07) is 9.89. The van der Waals surface area contributed by atoms with Gasteiger partial charge in [-0.2, -0.15) is 5.26 Å². The number of hydrogen-bond donors (Lipinski definition) is 1. The quantitative estimate of drug-likeness (QED) is 0.896. The standard InChI is InChI=1S/C14H18N4/c1-10(2)9-11(16)14-17-12-5-3-4-6-13(12)18(14)8-7-15/h3-6,10-11H,8-9,16H2,1-2H3. The molecule has 1 aromatic heterocycles. The highest BCUT2D eigenvalue weighted by Gasteiger charge is 2.17. The van der Waals surface area contributed by atoms with E-state index in [0.717, 1.165) is 23.3 Å². The number of fused-ring (bicyclic) bond motifs is 1. The third-order valence-corrected chi connectivity index (χ3v) is 2.97. The summed E-state index contributed by atoms with van der Waals surface area (Å²) in [5, 5.41) is 8.95. The molecule has 0 saturated carbocycles. The van der Waals surface area contributed by atoms with Gasteiger partial charge < -0.3 is 10.3 Å². The van der Waals surface area contributed by atoms with Crippen LogP contribution in [0.25, 0.3) is 11.0 Å². The Labute approximate surface area is 107 Å². The molecule has 2 aromatic rings. The van der Waals surface area contributed by atoms with Gasteiger partial charge in [-0.25, -0.2) is 4.98 Å². The number of imidazole rings is 1. The van der Waals surface area contributed by atoms with Crippen LogP contribution in [-0.2, 0) is 6.54 Å². The molecular weight excluding hydrogens is 224 g/mol. The molecule has 0 aliphatic carbocycles. The van der Waals surface area contributed by atoms with Gasteiger partial charge in [0.2, 0.25) is 0 Å². The number of nitrogens with two attached hydrogens (primary N) is 1. The molecule has 18 heavy (non-hydrogen) atoms. The van der Waals surface area contributed by atoms with Gasteiger partial charge in [0.25, 0.3) is 0 Å². The van der Waals surface area contributed by atoms with E-state index in [1.807, 2.05) is 28.8 Å². The molecule has 0 aliphatic heterocycles. The van der Waals surface area contributed by atoms with Gasteiger partial charge in [0.05, 0.1) is 23.1 Å². The molecule has 0 saturated heterocycles. The van der Waals surface area contributed by atoms with Crippen molar-refractivity contribution < 1.29 is 0 Å². The van der Waals surface area contributed by atoms with Crippen molar-refractivity contribution in [3.63, 3.8) is 0 Å². The van der Waals surface area contributed by atoms with Gasteiger partial charge in [-0.05, 0) is 24.5 Å². The lowest BCUT2D eigenvalue weighted by Gasteiger charge is -2.14. The largest absolute Gasteiger partial charge is 0.321 e. The first-order valence-corrected chi connectivity index (χ1v) is 6.21. The minimum absolute atomic E-state index is 0.120. The molecule has 1 unspecified atom stereocenters. The Bertz CT molecular complexity index is 577. The molecule has 0 radical (unpaired) electrons. The summed E-state index contributed by atoms with van der Waals surface area (Å²) >= 11 is 0. The first-order valence-electron chi connectivity index (χ1n) is 6.21. The molecule has 0 amide bonds. The Morgan fingerprint density at radius 3 is 2.78 bits per heavy atom. The molecule has 1 atom stereocenters. The predicted molar refractivity (Wildman–Crippen MR) is 71.7 cm³/mol. The van der Waals surface area contributed by atoms with E-state index in [1.165, 1.54) is 0 Å². The second kappa shape index (κ2) is 5.19. The molecule has 4 heteroatoms. The third kappa shape index (κ3) is 2.36. The Morgan fingerprint density at radius 1 is 1.39 bits per heavy atom. The van der Waals surface area contributed by atoms with Crippen LogP contribution < -0.4 is 5.73 Å². The fourth-order valence-corrected chi connectivity index (χ4v) is 2.23. The maximum absolute atomic E-state index is 8.95. The number of nitriles is 1. The molecule has 2 N–H and O–H groups in total. The van der Waals surface area contributed by atoms with Crippen LogP contribution in [0.2, 0.25) is 0 Å². The topological polar surface area (TPSA) is 67.6 Å². The summed E-state index contributed by atoms with van der Waals surface area (Å²) in [5.74, 6) is 1.32. The summed E-state index contributed by atoms with van der Waals surface area (Å²) in [5.41, 5.74) is 8.08. The zero-order valence-electron chi connectivity index (χ0n) is 10.8. The van der Waals surface area contributed by atoms with E-state index < -0.39 is 0 Å². The van der Waals surface area contributed by atoms with Crippen LogP contribution in [0.15, 0.2) is 24.3 Å². The molecule has 0 bridgehead atoms. The SMILES string of the molecule is CC(C)CC(N)c1nc2ccccc2n1CC#N. The fraction of sp³-hybridized carbons (Fsp3) is 0.429. The average Bonchev–Trinajstić information content (AvgIpc) is 2.68. The van der Waals surface area contributed by atoms with E-state index in [0.29, 0.717) is 12.5 Å². The smallest absolute Gasteiger partial charge is 0.127 e. The van der Waals surface area contributed by atoms with Gasteiger partial charge >= 0.3 is 0 Å². The summed E-state index contributed by atoms with van der Waals surface area (Å²) in [4.78, 5) is 4.57. The van der Waals surface area contributed by atoms with Crippen LogP contribution >= 0.6 is 0 Å². The first-order chi connectivity index (χ1) is 8.63. The van der Waals surface area contributed by atoms with Gasteiger partial charge in [-0.3, -0.25) is 0 Å².